The molecule has 1 heterocycles. The van der Waals surface area contributed by atoms with Crippen LogP contribution in [-0.4, -0.2) is 4.98 Å². The van der Waals surface area contributed by atoms with E-state index in [1.807, 2.05) is 30.3 Å². The van der Waals surface area contributed by atoms with Gasteiger partial charge in [-0.3, -0.25) is 4.98 Å². The topological polar surface area (TPSA) is 12.9 Å². The molecule has 0 saturated heterocycles. The van der Waals surface area contributed by atoms with Gasteiger partial charge in [-0.05, 0) is 36.2 Å². The highest BCUT2D eigenvalue weighted by atomic mass is 35.5. The highest BCUT2D eigenvalue weighted by Crippen LogP contribution is 2.39. The number of benzene rings is 3. The summed E-state index contributed by atoms with van der Waals surface area (Å²) in [5.74, 6) is 0. The Morgan fingerprint density at radius 1 is 0.708 bits per heavy atom. The van der Waals surface area contributed by atoms with Crippen LogP contribution in [0.5, 0.6) is 0 Å². The normalized spacial score (nSPS) is 10.9. The van der Waals surface area contributed by atoms with Crippen LogP contribution in [0.15, 0.2) is 78.9 Å². The summed E-state index contributed by atoms with van der Waals surface area (Å²) in [4.78, 5) is 4.82. The third-order valence-corrected chi connectivity index (χ3v) is 4.49. The average molecular weight is 330 g/mol. The summed E-state index contributed by atoms with van der Waals surface area (Å²) in [6.45, 7) is 2.07. The van der Waals surface area contributed by atoms with Crippen molar-refractivity contribution in [1.82, 2.24) is 4.98 Å². The van der Waals surface area contributed by atoms with Crippen molar-refractivity contribution in [3.8, 4) is 22.3 Å². The number of nitrogens with zero attached hydrogens (tertiary/aromatic N) is 1. The van der Waals surface area contributed by atoms with Crippen LogP contribution >= 0.6 is 11.6 Å². The van der Waals surface area contributed by atoms with Gasteiger partial charge < -0.3 is 0 Å². The van der Waals surface area contributed by atoms with Crippen molar-refractivity contribution in [2.75, 3.05) is 0 Å². The molecule has 0 radical (unpaired) electrons. The van der Waals surface area contributed by atoms with E-state index in [1.54, 1.807) is 0 Å². The Morgan fingerprint density at radius 2 is 1.29 bits per heavy atom. The molecule has 0 aliphatic carbocycles. The summed E-state index contributed by atoms with van der Waals surface area (Å²) >= 11 is 6.29. The lowest BCUT2D eigenvalue weighted by atomic mass is 9.90. The van der Waals surface area contributed by atoms with Gasteiger partial charge in [0, 0.05) is 27.2 Å². The average Bonchev–Trinajstić information content (AvgIpc) is 2.62. The number of fused-ring (bicyclic) bond motifs is 1. The maximum atomic E-state index is 6.29. The molecule has 0 unspecified atom stereocenters. The largest absolute Gasteiger partial charge is 0.252 e. The lowest BCUT2D eigenvalue weighted by Crippen LogP contribution is -1.95. The third kappa shape index (κ3) is 2.57. The Hall–Kier alpha value is -2.64. The molecular formula is C22H16ClN. The predicted octanol–water partition coefficient (Wildman–Crippen LogP) is 6.53. The molecule has 0 bridgehead atoms. The fraction of sp³-hybridized carbons (Fsp3) is 0.0455. The van der Waals surface area contributed by atoms with E-state index in [2.05, 4.69) is 55.5 Å². The molecule has 116 valence electrons. The van der Waals surface area contributed by atoms with Crippen LogP contribution in [0.2, 0.25) is 5.02 Å². The van der Waals surface area contributed by atoms with E-state index in [-0.39, 0.29) is 0 Å². The number of aromatic nitrogens is 1. The van der Waals surface area contributed by atoms with Gasteiger partial charge in [-0.25, -0.2) is 0 Å². The molecule has 2 heteroatoms. The van der Waals surface area contributed by atoms with Gasteiger partial charge in [0.2, 0.25) is 0 Å². The standard InChI is InChI=1S/C22H16ClN/c1-15-21(16-8-4-2-5-9-16)22(17-10-6-3-7-11-17)19-14-18(23)12-13-20(19)24-15/h2-14H,1H3. The molecule has 0 atom stereocenters. The zero-order valence-corrected chi connectivity index (χ0v) is 14.1. The second-order valence-corrected chi connectivity index (χ2v) is 6.28. The minimum atomic E-state index is 0.726. The monoisotopic (exact) mass is 329 g/mol. The minimum absolute atomic E-state index is 0.726. The van der Waals surface area contributed by atoms with Crippen LogP contribution in [0.3, 0.4) is 0 Å². The van der Waals surface area contributed by atoms with Crippen molar-refractivity contribution in [2.24, 2.45) is 0 Å². The van der Waals surface area contributed by atoms with Crippen molar-refractivity contribution in [3.05, 3.63) is 89.6 Å². The summed E-state index contributed by atoms with van der Waals surface area (Å²) in [5, 5.41) is 1.81. The Balaban J connectivity index is 2.17. The van der Waals surface area contributed by atoms with Crippen molar-refractivity contribution < 1.29 is 0 Å². The summed E-state index contributed by atoms with van der Waals surface area (Å²) in [6.07, 6.45) is 0. The van der Waals surface area contributed by atoms with Gasteiger partial charge in [0.1, 0.15) is 0 Å². The van der Waals surface area contributed by atoms with Gasteiger partial charge in [0.25, 0.3) is 0 Å². The molecule has 0 saturated carbocycles. The fourth-order valence-electron chi connectivity index (χ4n) is 3.22. The summed E-state index contributed by atoms with van der Waals surface area (Å²) < 4.78 is 0. The van der Waals surface area contributed by atoms with Crippen molar-refractivity contribution in [1.29, 1.82) is 0 Å². The van der Waals surface area contributed by atoms with Crippen LogP contribution in [0.25, 0.3) is 33.2 Å². The van der Waals surface area contributed by atoms with E-state index >= 15 is 0 Å². The Bertz CT molecular complexity index is 1010. The number of halogens is 1. The first kappa shape index (κ1) is 14.9. The van der Waals surface area contributed by atoms with E-state index in [4.69, 9.17) is 16.6 Å². The number of hydrogen-bond donors (Lipinski definition) is 0. The van der Waals surface area contributed by atoms with Gasteiger partial charge >= 0.3 is 0 Å². The molecule has 0 spiro atoms. The number of pyridine rings is 1. The molecular weight excluding hydrogens is 314 g/mol. The second-order valence-electron chi connectivity index (χ2n) is 5.84. The highest BCUT2D eigenvalue weighted by molar-refractivity contribution is 6.31. The zero-order valence-electron chi connectivity index (χ0n) is 13.3. The first-order valence-corrected chi connectivity index (χ1v) is 8.32. The fourth-order valence-corrected chi connectivity index (χ4v) is 3.39. The van der Waals surface area contributed by atoms with Crippen molar-refractivity contribution in [2.45, 2.75) is 6.92 Å². The van der Waals surface area contributed by atoms with Crippen LogP contribution in [0.4, 0.5) is 0 Å². The smallest absolute Gasteiger partial charge is 0.0712 e. The van der Waals surface area contributed by atoms with E-state index in [0.29, 0.717) is 0 Å². The molecule has 0 N–H and O–H groups in total. The molecule has 4 rings (SSSR count). The quantitative estimate of drug-likeness (QED) is 0.407. The lowest BCUT2D eigenvalue weighted by molar-refractivity contribution is 1.26. The molecule has 0 fully saturated rings. The molecule has 0 aliphatic heterocycles. The van der Waals surface area contributed by atoms with Gasteiger partial charge in [0.15, 0.2) is 0 Å². The minimum Gasteiger partial charge on any atom is -0.252 e. The van der Waals surface area contributed by atoms with Gasteiger partial charge in [0.05, 0.1) is 5.52 Å². The van der Waals surface area contributed by atoms with Crippen molar-refractivity contribution >= 4 is 22.5 Å². The second kappa shape index (κ2) is 6.10. The Labute approximate surface area is 146 Å². The van der Waals surface area contributed by atoms with Crippen LogP contribution in [-0.2, 0) is 0 Å². The molecule has 24 heavy (non-hydrogen) atoms. The number of hydrogen-bond acceptors (Lipinski definition) is 1. The van der Waals surface area contributed by atoms with Crippen LogP contribution in [0, 0.1) is 6.92 Å². The van der Waals surface area contributed by atoms with E-state index in [0.717, 1.165) is 27.2 Å². The summed E-state index contributed by atoms with van der Waals surface area (Å²) in [7, 11) is 0. The first-order valence-electron chi connectivity index (χ1n) is 7.95. The number of rotatable bonds is 2. The summed E-state index contributed by atoms with van der Waals surface area (Å²) in [5.41, 5.74) is 6.69. The lowest BCUT2D eigenvalue weighted by Gasteiger charge is -2.16. The SMILES string of the molecule is Cc1nc2ccc(Cl)cc2c(-c2ccccc2)c1-c1ccccc1. The van der Waals surface area contributed by atoms with Gasteiger partial charge in [-0.1, -0.05) is 72.3 Å². The van der Waals surface area contributed by atoms with E-state index in [9.17, 15) is 0 Å². The third-order valence-electron chi connectivity index (χ3n) is 4.25. The summed E-state index contributed by atoms with van der Waals surface area (Å²) in [6, 6.07) is 26.8. The van der Waals surface area contributed by atoms with E-state index in [1.165, 1.54) is 16.7 Å². The molecule has 0 amide bonds. The van der Waals surface area contributed by atoms with Crippen molar-refractivity contribution in [3.63, 3.8) is 0 Å². The Kier molecular flexibility index (Phi) is 3.79. The van der Waals surface area contributed by atoms with E-state index < -0.39 is 0 Å². The first-order chi connectivity index (χ1) is 11.7. The molecule has 0 aliphatic rings. The van der Waals surface area contributed by atoms with Gasteiger partial charge in [-0.2, -0.15) is 0 Å². The molecule has 3 aromatic carbocycles. The van der Waals surface area contributed by atoms with Gasteiger partial charge in [-0.15, -0.1) is 0 Å². The van der Waals surface area contributed by atoms with Crippen LogP contribution < -0.4 is 0 Å². The molecule has 1 aromatic heterocycles. The predicted molar refractivity (Wildman–Crippen MR) is 102 cm³/mol. The molecule has 4 aromatic rings. The van der Waals surface area contributed by atoms with Crippen LogP contribution in [0.1, 0.15) is 5.69 Å². The maximum Gasteiger partial charge on any atom is 0.0712 e. The molecule has 1 nitrogen and oxygen atoms in total. The highest BCUT2D eigenvalue weighted by Gasteiger charge is 2.16. The maximum absolute atomic E-state index is 6.29. The zero-order chi connectivity index (χ0) is 16.5. The number of aryl methyl sites for hydroxylation is 1. The Morgan fingerprint density at radius 3 is 1.92 bits per heavy atom.